The second kappa shape index (κ2) is 4.11. The lowest BCUT2D eigenvalue weighted by atomic mass is 10.4. The maximum Gasteiger partial charge on any atom is 0.412 e. The van der Waals surface area contributed by atoms with E-state index in [2.05, 4.69) is 6.58 Å². The summed E-state index contributed by atoms with van der Waals surface area (Å²) >= 11 is 0. The average molecular weight is 171 g/mol. The van der Waals surface area contributed by atoms with E-state index in [1.807, 2.05) is 0 Å². The first-order valence-corrected chi connectivity index (χ1v) is 3.98. The Hall–Kier alpha value is -1.03. The molecule has 1 heterocycles. The molecule has 0 saturated carbocycles. The Bertz CT molecular complexity index is 181. The van der Waals surface area contributed by atoms with Gasteiger partial charge in [0.2, 0.25) is 0 Å². The third-order valence-electron chi connectivity index (χ3n) is 1.78. The molecule has 1 unspecified atom stereocenters. The van der Waals surface area contributed by atoms with Crippen LogP contribution in [0.15, 0.2) is 12.7 Å². The summed E-state index contributed by atoms with van der Waals surface area (Å²) < 4.78 is 4.75. The lowest BCUT2D eigenvalue weighted by Gasteiger charge is -2.18. The molecule has 1 aliphatic rings. The van der Waals surface area contributed by atoms with Crippen LogP contribution in [-0.2, 0) is 4.74 Å². The first-order chi connectivity index (χ1) is 5.75. The van der Waals surface area contributed by atoms with Gasteiger partial charge in [-0.1, -0.05) is 12.7 Å². The fraction of sp³-hybridized carbons (Fsp3) is 0.625. The molecule has 1 saturated heterocycles. The molecule has 1 N–H and O–H groups in total. The van der Waals surface area contributed by atoms with Crippen LogP contribution in [0.5, 0.6) is 0 Å². The monoisotopic (exact) mass is 171 g/mol. The van der Waals surface area contributed by atoms with Gasteiger partial charge in [-0.05, 0) is 12.8 Å². The first-order valence-electron chi connectivity index (χ1n) is 3.98. The van der Waals surface area contributed by atoms with Gasteiger partial charge in [0.25, 0.3) is 0 Å². The minimum atomic E-state index is -0.665. The molecule has 0 aromatic rings. The Morgan fingerprint density at radius 2 is 2.58 bits per heavy atom. The van der Waals surface area contributed by atoms with Gasteiger partial charge in [0.05, 0.1) is 0 Å². The zero-order chi connectivity index (χ0) is 8.97. The molecular weight excluding hydrogens is 158 g/mol. The smallest absolute Gasteiger partial charge is 0.412 e. The topological polar surface area (TPSA) is 49.8 Å². The molecule has 1 atom stereocenters. The molecule has 1 rings (SSSR count). The first kappa shape index (κ1) is 9.06. The number of aliphatic hydroxyl groups is 1. The Labute approximate surface area is 71.4 Å². The van der Waals surface area contributed by atoms with E-state index >= 15 is 0 Å². The van der Waals surface area contributed by atoms with Gasteiger partial charge in [0, 0.05) is 6.54 Å². The number of carbonyl (C=O) groups is 1. The third-order valence-corrected chi connectivity index (χ3v) is 1.78. The van der Waals surface area contributed by atoms with Gasteiger partial charge in [-0.15, -0.1) is 0 Å². The van der Waals surface area contributed by atoms with E-state index in [4.69, 9.17) is 4.74 Å². The van der Waals surface area contributed by atoms with E-state index in [0.717, 1.165) is 6.42 Å². The lowest BCUT2D eigenvalue weighted by Crippen LogP contribution is -2.35. The molecule has 0 aromatic heterocycles. The van der Waals surface area contributed by atoms with Crippen molar-refractivity contribution in [1.82, 2.24) is 4.90 Å². The molecular formula is C8H13NO3. The number of likely N-dealkylation sites (tertiary alicyclic amines) is 1. The predicted octanol–water partition coefficient (Wildman–Crippen LogP) is 0.723. The van der Waals surface area contributed by atoms with E-state index in [1.54, 1.807) is 0 Å². The zero-order valence-electron chi connectivity index (χ0n) is 6.90. The van der Waals surface area contributed by atoms with Crippen LogP contribution in [-0.4, -0.2) is 35.5 Å². The van der Waals surface area contributed by atoms with E-state index in [9.17, 15) is 9.90 Å². The number of nitrogens with zero attached hydrogens (tertiary/aromatic N) is 1. The molecule has 0 aliphatic carbocycles. The van der Waals surface area contributed by atoms with Crippen molar-refractivity contribution in [2.45, 2.75) is 19.1 Å². The summed E-state index contributed by atoms with van der Waals surface area (Å²) in [7, 11) is 0. The predicted molar refractivity (Wildman–Crippen MR) is 43.5 cm³/mol. The summed E-state index contributed by atoms with van der Waals surface area (Å²) in [6.07, 6.45) is 1.86. The van der Waals surface area contributed by atoms with Gasteiger partial charge >= 0.3 is 6.09 Å². The fourth-order valence-electron chi connectivity index (χ4n) is 1.18. The standard InChI is InChI=1S/C8H13NO3/c1-2-6-12-8(11)9-5-3-4-7(9)10/h2,7,10H,1,3-6H2. The molecule has 12 heavy (non-hydrogen) atoms. The van der Waals surface area contributed by atoms with Crippen molar-refractivity contribution < 1.29 is 14.6 Å². The summed E-state index contributed by atoms with van der Waals surface area (Å²) in [5.74, 6) is 0. The lowest BCUT2D eigenvalue weighted by molar-refractivity contribution is 0.0286. The van der Waals surface area contributed by atoms with E-state index in [0.29, 0.717) is 13.0 Å². The molecule has 0 aromatic carbocycles. The number of hydrogen-bond acceptors (Lipinski definition) is 3. The maximum atomic E-state index is 11.1. The molecule has 0 spiro atoms. The van der Waals surface area contributed by atoms with Crippen molar-refractivity contribution in [2.24, 2.45) is 0 Å². The molecule has 1 amide bonds. The van der Waals surface area contributed by atoms with Gasteiger partial charge in [-0.2, -0.15) is 0 Å². The third kappa shape index (κ3) is 1.98. The molecule has 4 heteroatoms. The maximum absolute atomic E-state index is 11.1. The molecule has 0 radical (unpaired) electrons. The highest BCUT2D eigenvalue weighted by Crippen LogP contribution is 2.15. The number of amides is 1. The number of rotatable bonds is 2. The van der Waals surface area contributed by atoms with Crippen LogP contribution in [0, 0.1) is 0 Å². The number of carbonyl (C=O) groups excluding carboxylic acids is 1. The zero-order valence-corrected chi connectivity index (χ0v) is 6.90. The number of ether oxygens (including phenoxy) is 1. The van der Waals surface area contributed by atoms with Crippen LogP contribution >= 0.6 is 0 Å². The number of aliphatic hydroxyl groups excluding tert-OH is 1. The molecule has 1 fully saturated rings. The molecule has 68 valence electrons. The van der Waals surface area contributed by atoms with Gasteiger partial charge in [-0.3, -0.25) is 4.90 Å². The summed E-state index contributed by atoms with van der Waals surface area (Å²) in [5, 5.41) is 9.26. The second-order valence-electron chi connectivity index (χ2n) is 2.68. The molecule has 1 aliphatic heterocycles. The van der Waals surface area contributed by atoms with Crippen LogP contribution in [0.3, 0.4) is 0 Å². The average Bonchev–Trinajstić information content (AvgIpc) is 2.47. The van der Waals surface area contributed by atoms with Crippen molar-refractivity contribution >= 4 is 6.09 Å². The largest absolute Gasteiger partial charge is 0.445 e. The Balaban J connectivity index is 2.35. The Kier molecular flexibility index (Phi) is 3.10. The van der Waals surface area contributed by atoms with Crippen LogP contribution < -0.4 is 0 Å². The summed E-state index contributed by atoms with van der Waals surface area (Å²) in [4.78, 5) is 12.4. The Morgan fingerprint density at radius 1 is 1.83 bits per heavy atom. The van der Waals surface area contributed by atoms with E-state index < -0.39 is 12.3 Å². The minimum Gasteiger partial charge on any atom is -0.445 e. The van der Waals surface area contributed by atoms with Crippen LogP contribution in [0.4, 0.5) is 4.79 Å². The van der Waals surface area contributed by atoms with Gasteiger partial charge < -0.3 is 9.84 Å². The summed E-state index contributed by atoms with van der Waals surface area (Å²) in [6, 6.07) is 0. The van der Waals surface area contributed by atoms with Gasteiger partial charge in [-0.25, -0.2) is 4.79 Å². The quantitative estimate of drug-likeness (QED) is 0.623. The van der Waals surface area contributed by atoms with Crippen LogP contribution in [0.25, 0.3) is 0 Å². The highest BCUT2D eigenvalue weighted by atomic mass is 16.6. The normalized spacial score (nSPS) is 22.4. The number of hydrogen-bond donors (Lipinski definition) is 1. The van der Waals surface area contributed by atoms with Crippen molar-refractivity contribution in [2.75, 3.05) is 13.2 Å². The van der Waals surface area contributed by atoms with Gasteiger partial charge in [0.15, 0.2) is 0 Å². The van der Waals surface area contributed by atoms with Crippen LogP contribution in [0.1, 0.15) is 12.8 Å². The van der Waals surface area contributed by atoms with Gasteiger partial charge in [0.1, 0.15) is 12.8 Å². The van der Waals surface area contributed by atoms with Crippen LogP contribution in [0.2, 0.25) is 0 Å². The van der Waals surface area contributed by atoms with Crippen molar-refractivity contribution in [3.05, 3.63) is 12.7 Å². The minimum absolute atomic E-state index is 0.196. The Morgan fingerprint density at radius 3 is 3.08 bits per heavy atom. The molecule has 0 bridgehead atoms. The summed E-state index contributed by atoms with van der Waals surface area (Å²) in [5.41, 5.74) is 0. The fourth-order valence-corrected chi connectivity index (χ4v) is 1.18. The second-order valence-corrected chi connectivity index (χ2v) is 2.68. The van der Waals surface area contributed by atoms with Crippen molar-refractivity contribution in [3.8, 4) is 0 Å². The highest BCUT2D eigenvalue weighted by molar-refractivity contribution is 5.68. The molecule has 4 nitrogen and oxygen atoms in total. The van der Waals surface area contributed by atoms with Crippen molar-refractivity contribution in [3.63, 3.8) is 0 Å². The van der Waals surface area contributed by atoms with E-state index in [1.165, 1.54) is 11.0 Å². The SMILES string of the molecule is C=CCOC(=O)N1CCCC1O. The van der Waals surface area contributed by atoms with Crippen molar-refractivity contribution in [1.29, 1.82) is 0 Å². The highest BCUT2D eigenvalue weighted by Gasteiger charge is 2.27. The summed E-state index contributed by atoms with van der Waals surface area (Å²) in [6.45, 7) is 4.20. The van der Waals surface area contributed by atoms with E-state index in [-0.39, 0.29) is 6.61 Å².